The Kier molecular flexibility index (Phi) is 4.29. The number of ether oxygens (including phenoxy) is 1. The standard InChI is InChI=1S/C14H19NO2/c15-14(12-4-2-1-3-5-12)13(16)10-11-6-8-17-9-7-11/h1-5,11,14H,6-10,15H2. The first-order chi connectivity index (χ1) is 8.27. The summed E-state index contributed by atoms with van der Waals surface area (Å²) in [6.07, 6.45) is 2.54. The van der Waals surface area contributed by atoms with E-state index in [0.717, 1.165) is 31.6 Å². The molecule has 1 heterocycles. The number of carbonyl (C=O) groups excluding carboxylic acids is 1. The molecular formula is C14H19NO2. The van der Waals surface area contributed by atoms with Gasteiger partial charge in [-0.2, -0.15) is 0 Å². The number of benzene rings is 1. The summed E-state index contributed by atoms with van der Waals surface area (Å²) in [5, 5.41) is 0. The predicted molar refractivity (Wildman–Crippen MR) is 66.5 cm³/mol. The van der Waals surface area contributed by atoms with Crippen molar-refractivity contribution < 1.29 is 9.53 Å². The summed E-state index contributed by atoms with van der Waals surface area (Å²) in [5.74, 6) is 0.592. The highest BCUT2D eigenvalue weighted by molar-refractivity contribution is 5.85. The molecular weight excluding hydrogens is 214 g/mol. The van der Waals surface area contributed by atoms with Gasteiger partial charge in [0.15, 0.2) is 5.78 Å². The second kappa shape index (κ2) is 5.94. The van der Waals surface area contributed by atoms with Crippen LogP contribution in [0, 0.1) is 5.92 Å². The summed E-state index contributed by atoms with van der Waals surface area (Å²) in [6.45, 7) is 1.55. The van der Waals surface area contributed by atoms with Gasteiger partial charge in [-0.15, -0.1) is 0 Å². The van der Waals surface area contributed by atoms with Gasteiger partial charge < -0.3 is 10.5 Å². The van der Waals surface area contributed by atoms with Crippen LogP contribution in [0.1, 0.15) is 30.9 Å². The average Bonchev–Trinajstić information content (AvgIpc) is 2.40. The fourth-order valence-corrected chi connectivity index (χ4v) is 2.21. The Morgan fingerprint density at radius 2 is 1.94 bits per heavy atom. The molecule has 1 aliphatic heterocycles. The molecule has 0 bridgehead atoms. The number of hydrogen-bond acceptors (Lipinski definition) is 3. The first-order valence-electron chi connectivity index (χ1n) is 6.18. The van der Waals surface area contributed by atoms with Crippen molar-refractivity contribution in [2.45, 2.75) is 25.3 Å². The SMILES string of the molecule is NC(C(=O)CC1CCOCC1)c1ccccc1. The number of nitrogens with two attached hydrogens (primary N) is 1. The minimum absolute atomic E-state index is 0.142. The quantitative estimate of drug-likeness (QED) is 0.866. The van der Waals surface area contributed by atoms with Gasteiger partial charge in [-0.3, -0.25) is 4.79 Å². The van der Waals surface area contributed by atoms with Gasteiger partial charge in [-0.05, 0) is 24.3 Å². The van der Waals surface area contributed by atoms with Crippen LogP contribution in [-0.2, 0) is 9.53 Å². The molecule has 1 aromatic rings. The molecule has 17 heavy (non-hydrogen) atoms. The zero-order chi connectivity index (χ0) is 12.1. The highest BCUT2D eigenvalue weighted by Gasteiger charge is 2.22. The van der Waals surface area contributed by atoms with Crippen molar-refractivity contribution in [2.24, 2.45) is 11.7 Å². The Hall–Kier alpha value is -1.19. The zero-order valence-electron chi connectivity index (χ0n) is 9.97. The Bertz CT molecular complexity index is 358. The summed E-state index contributed by atoms with van der Waals surface area (Å²) in [7, 11) is 0. The van der Waals surface area contributed by atoms with E-state index >= 15 is 0 Å². The third kappa shape index (κ3) is 3.38. The first-order valence-corrected chi connectivity index (χ1v) is 6.18. The lowest BCUT2D eigenvalue weighted by Gasteiger charge is -2.22. The van der Waals surface area contributed by atoms with Crippen LogP contribution in [0.4, 0.5) is 0 Å². The second-order valence-electron chi connectivity index (χ2n) is 4.61. The van der Waals surface area contributed by atoms with E-state index in [1.807, 2.05) is 30.3 Å². The van der Waals surface area contributed by atoms with E-state index in [4.69, 9.17) is 10.5 Å². The zero-order valence-corrected chi connectivity index (χ0v) is 9.97. The largest absolute Gasteiger partial charge is 0.381 e. The smallest absolute Gasteiger partial charge is 0.154 e. The second-order valence-corrected chi connectivity index (χ2v) is 4.61. The lowest BCUT2D eigenvalue weighted by molar-refractivity contribution is -0.122. The minimum Gasteiger partial charge on any atom is -0.381 e. The van der Waals surface area contributed by atoms with Gasteiger partial charge in [0.1, 0.15) is 0 Å². The summed E-state index contributed by atoms with van der Waals surface area (Å²) in [6, 6.07) is 9.10. The van der Waals surface area contributed by atoms with Gasteiger partial charge in [0.05, 0.1) is 6.04 Å². The molecule has 1 unspecified atom stereocenters. The van der Waals surface area contributed by atoms with Crippen molar-refractivity contribution in [1.29, 1.82) is 0 Å². The van der Waals surface area contributed by atoms with Crippen molar-refractivity contribution in [3.8, 4) is 0 Å². The molecule has 1 atom stereocenters. The van der Waals surface area contributed by atoms with Crippen LogP contribution in [0.25, 0.3) is 0 Å². The Labute approximate surface area is 102 Å². The van der Waals surface area contributed by atoms with Crippen LogP contribution < -0.4 is 5.73 Å². The van der Waals surface area contributed by atoms with E-state index in [2.05, 4.69) is 0 Å². The van der Waals surface area contributed by atoms with E-state index in [-0.39, 0.29) is 5.78 Å². The van der Waals surface area contributed by atoms with Gasteiger partial charge in [0, 0.05) is 19.6 Å². The molecule has 0 saturated carbocycles. The fraction of sp³-hybridized carbons (Fsp3) is 0.500. The monoisotopic (exact) mass is 233 g/mol. The van der Waals surface area contributed by atoms with Crippen LogP contribution >= 0.6 is 0 Å². The number of carbonyl (C=O) groups is 1. The minimum atomic E-state index is -0.473. The number of hydrogen-bond donors (Lipinski definition) is 1. The average molecular weight is 233 g/mol. The molecule has 1 fully saturated rings. The predicted octanol–water partition coefficient (Wildman–Crippen LogP) is 2.07. The molecule has 1 aromatic carbocycles. The maximum Gasteiger partial charge on any atom is 0.154 e. The normalized spacial score (nSPS) is 18.9. The van der Waals surface area contributed by atoms with Crippen molar-refractivity contribution in [1.82, 2.24) is 0 Å². The van der Waals surface area contributed by atoms with Gasteiger partial charge >= 0.3 is 0 Å². The van der Waals surface area contributed by atoms with Crippen molar-refractivity contribution in [3.05, 3.63) is 35.9 Å². The first kappa shape index (κ1) is 12.3. The van der Waals surface area contributed by atoms with Crippen molar-refractivity contribution >= 4 is 5.78 Å². The summed E-state index contributed by atoms with van der Waals surface area (Å²) < 4.78 is 5.28. The molecule has 0 spiro atoms. The molecule has 0 aliphatic carbocycles. The van der Waals surface area contributed by atoms with Gasteiger partial charge in [0.25, 0.3) is 0 Å². The Morgan fingerprint density at radius 3 is 2.59 bits per heavy atom. The van der Waals surface area contributed by atoms with E-state index < -0.39 is 6.04 Å². The molecule has 2 N–H and O–H groups in total. The molecule has 3 nitrogen and oxygen atoms in total. The van der Waals surface area contributed by atoms with E-state index in [0.29, 0.717) is 12.3 Å². The van der Waals surface area contributed by atoms with Crippen LogP contribution in [0.15, 0.2) is 30.3 Å². The summed E-state index contributed by atoms with van der Waals surface area (Å²) >= 11 is 0. The van der Waals surface area contributed by atoms with E-state index in [9.17, 15) is 4.79 Å². The summed E-state index contributed by atoms with van der Waals surface area (Å²) in [5.41, 5.74) is 6.88. The molecule has 0 aromatic heterocycles. The third-order valence-corrected chi connectivity index (χ3v) is 3.34. The number of Topliss-reactive ketones (excluding diaryl/α,β-unsaturated/α-hetero) is 1. The van der Waals surface area contributed by atoms with E-state index in [1.165, 1.54) is 0 Å². The van der Waals surface area contributed by atoms with Crippen LogP contribution in [-0.4, -0.2) is 19.0 Å². The highest BCUT2D eigenvalue weighted by atomic mass is 16.5. The lowest BCUT2D eigenvalue weighted by atomic mass is 9.90. The fourth-order valence-electron chi connectivity index (χ4n) is 2.21. The molecule has 1 saturated heterocycles. The molecule has 3 heteroatoms. The molecule has 1 aliphatic rings. The maximum absolute atomic E-state index is 12.0. The Balaban J connectivity index is 1.91. The highest BCUT2D eigenvalue weighted by Crippen LogP contribution is 2.22. The van der Waals surface area contributed by atoms with E-state index in [1.54, 1.807) is 0 Å². The van der Waals surface area contributed by atoms with Crippen LogP contribution in [0.2, 0.25) is 0 Å². The number of ketones is 1. The van der Waals surface area contributed by atoms with Crippen LogP contribution in [0.3, 0.4) is 0 Å². The van der Waals surface area contributed by atoms with Crippen molar-refractivity contribution in [2.75, 3.05) is 13.2 Å². The summed E-state index contributed by atoms with van der Waals surface area (Å²) in [4.78, 5) is 12.0. The third-order valence-electron chi connectivity index (χ3n) is 3.34. The molecule has 0 amide bonds. The lowest BCUT2D eigenvalue weighted by Crippen LogP contribution is -2.26. The topological polar surface area (TPSA) is 52.3 Å². The van der Waals surface area contributed by atoms with Gasteiger partial charge in [-0.25, -0.2) is 0 Å². The Morgan fingerprint density at radius 1 is 1.29 bits per heavy atom. The molecule has 2 rings (SSSR count). The maximum atomic E-state index is 12.0. The molecule has 92 valence electrons. The van der Waals surface area contributed by atoms with Crippen molar-refractivity contribution in [3.63, 3.8) is 0 Å². The number of rotatable bonds is 4. The van der Waals surface area contributed by atoms with Gasteiger partial charge in [-0.1, -0.05) is 30.3 Å². The molecule has 0 radical (unpaired) electrons. The van der Waals surface area contributed by atoms with Gasteiger partial charge in [0.2, 0.25) is 0 Å². The van der Waals surface area contributed by atoms with Crippen LogP contribution in [0.5, 0.6) is 0 Å².